The van der Waals surface area contributed by atoms with E-state index in [2.05, 4.69) is 39.1 Å². The van der Waals surface area contributed by atoms with E-state index in [-0.39, 0.29) is 0 Å². The lowest BCUT2D eigenvalue weighted by molar-refractivity contribution is 0.170. The predicted molar refractivity (Wildman–Crippen MR) is 79.9 cm³/mol. The van der Waals surface area contributed by atoms with Gasteiger partial charge in [0.15, 0.2) is 0 Å². The minimum atomic E-state index is -0.481. The number of methoxy groups -OCH3 is 1. The van der Waals surface area contributed by atoms with Crippen LogP contribution in [0.25, 0.3) is 0 Å². The average molecular weight is 265 g/mol. The number of hydrogen-bond acceptors (Lipinski definition) is 3. The summed E-state index contributed by atoms with van der Waals surface area (Å²) in [5, 5.41) is 13.6. The van der Waals surface area contributed by atoms with E-state index < -0.39 is 6.10 Å². The number of benzene rings is 1. The molecule has 2 N–H and O–H groups in total. The van der Waals surface area contributed by atoms with Crippen LogP contribution in [0.5, 0.6) is 5.75 Å². The highest BCUT2D eigenvalue weighted by molar-refractivity contribution is 5.44. The molecule has 0 aliphatic heterocycles. The molecule has 0 amide bonds. The van der Waals surface area contributed by atoms with Gasteiger partial charge < -0.3 is 15.2 Å². The van der Waals surface area contributed by atoms with E-state index in [0.29, 0.717) is 18.5 Å². The van der Waals surface area contributed by atoms with Crippen LogP contribution in [0.15, 0.2) is 12.1 Å². The molecular weight excluding hydrogens is 238 g/mol. The molecule has 0 saturated heterocycles. The van der Waals surface area contributed by atoms with Crippen LogP contribution in [0.4, 0.5) is 0 Å². The Morgan fingerprint density at radius 3 is 2.26 bits per heavy atom. The highest BCUT2D eigenvalue weighted by Gasteiger charge is 2.16. The molecule has 0 fully saturated rings. The Kier molecular flexibility index (Phi) is 5.83. The molecule has 3 heteroatoms. The van der Waals surface area contributed by atoms with Crippen LogP contribution < -0.4 is 10.1 Å². The Labute approximate surface area is 117 Å². The van der Waals surface area contributed by atoms with Crippen molar-refractivity contribution in [2.24, 2.45) is 0 Å². The summed E-state index contributed by atoms with van der Waals surface area (Å²) in [5.74, 6) is 1.28. The van der Waals surface area contributed by atoms with Crippen molar-refractivity contribution in [3.05, 3.63) is 28.8 Å². The van der Waals surface area contributed by atoms with Gasteiger partial charge in [0.2, 0.25) is 0 Å². The summed E-state index contributed by atoms with van der Waals surface area (Å²) >= 11 is 0. The molecule has 1 atom stereocenters. The Hall–Kier alpha value is -1.06. The third-order valence-corrected chi connectivity index (χ3v) is 3.32. The number of aryl methyl sites for hydroxylation is 1. The molecule has 0 aliphatic carbocycles. The topological polar surface area (TPSA) is 41.5 Å². The smallest absolute Gasteiger partial charge is 0.122 e. The van der Waals surface area contributed by atoms with E-state index in [9.17, 15) is 5.11 Å². The van der Waals surface area contributed by atoms with E-state index in [1.54, 1.807) is 7.11 Å². The maximum absolute atomic E-state index is 10.3. The molecule has 19 heavy (non-hydrogen) atoms. The monoisotopic (exact) mass is 265 g/mol. The summed E-state index contributed by atoms with van der Waals surface area (Å²) in [7, 11) is 1.69. The standard InChI is InChI=1S/C16H27NO2/c1-10(2)13-8-14(12(5)7-16(13)19-6)15(18)9-17-11(3)4/h7-8,10-11,15,17-18H,9H2,1-6H3. The van der Waals surface area contributed by atoms with Gasteiger partial charge in [-0.15, -0.1) is 0 Å². The molecule has 0 radical (unpaired) electrons. The van der Waals surface area contributed by atoms with Crippen molar-refractivity contribution in [3.63, 3.8) is 0 Å². The summed E-state index contributed by atoms with van der Waals surface area (Å²) in [5.41, 5.74) is 3.20. The Morgan fingerprint density at radius 1 is 1.16 bits per heavy atom. The first-order valence-electron chi connectivity index (χ1n) is 6.96. The van der Waals surface area contributed by atoms with Crippen molar-refractivity contribution in [1.82, 2.24) is 5.32 Å². The molecule has 0 spiro atoms. The number of aliphatic hydroxyl groups excluding tert-OH is 1. The van der Waals surface area contributed by atoms with Crippen molar-refractivity contribution >= 4 is 0 Å². The van der Waals surface area contributed by atoms with Gasteiger partial charge in [-0.2, -0.15) is 0 Å². The van der Waals surface area contributed by atoms with Gasteiger partial charge in [-0.25, -0.2) is 0 Å². The number of nitrogens with one attached hydrogen (secondary N) is 1. The normalized spacial score (nSPS) is 13.1. The van der Waals surface area contributed by atoms with Gasteiger partial charge in [0, 0.05) is 12.6 Å². The van der Waals surface area contributed by atoms with Crippen LogP contribution in [-0.2, 0) is 0 Å². The first-order valence-corrected chi connectivity index (χ1v) is 6.96. The largest absolute Gasteiger partial charge is 0.496 e. The number of ether oxygens (including phenoxy) is 1. The van der Waals surface area contributed by atoms with Gasteiger partial charge in [-0.1, -0.05) is 27.7 Å². The third-order valence-electron chi connectivity index (χ3n) is 3.32. The lowest BCUT2D eigenvalue weighted by Crippen LogP contribution is -2.28. The van der Waals surface area contributed by atoms with E-state index >= 15 is 0 Å². The van der Waals surface area contributed by atoms with Gasteiger partial charge >= 0.3 is 0 Å². The van der Waals surface area contributed by atoms with Gasteiger partial charge in [0.1, 0.15) is 5.75 Å². The third kappa shape index (κ3) is 4.22. The quantitative estimate of drug-likeness (QED) is 0.830. The van der Waals surface area contributed by atoms with E-state index in [1.807, 2.05) is 13.0 Å². The summed E-state index contributed by atoms with van der Waals surface area (Å²) in [4.78, 5) is 0. The lowest BCUT2D eigenvalue weighted by Gasteiger charge is -2.20. The molecule has 1 rings (SSSR count). The van der Waals surface area contributed by atoms with Crippen LogP contribution in [0, 0.1) is 6.92 Å². The molecule has 108 valence electrons. The van der Waals surface area contributed by atoms with Crippen LogP contribution in [-0.4, -0.2) is 24.8 Å². The molecule has 0 saturated carbocycles. The number of rotatable bonds is 6. The molecular formula is C16H27NO2. The van der Waals surface area contributed by atoms with Crippen LogP contribution in [0.2, 0.25) is 0 Å². The van der Waals surface area contributed by atoms with Crippen LogP contribution >= 0.6 is 0 Å². The minimum absolute atomic E-state index is 0.373. The zero-order valence-corrected chi connectivity index (χ0v) is 12.9. The fourth-order valence-electron chi connectivity index (χ4n) is 2.16. The Balaban J connectivity index is 3.03. The molecule has 0 heterocycles. The predicted octanol–water partition coefficient (Wildman–Crippen LogP) is 3.16. The van der Waals surface area contributed by atoms with E-state index in [4.69, 9.17) is 4.74 Å². The highest BCUT2D eigenvalue weighted by Crippen LogP contribution is 2.31. The van der Waals surface area contributed by atoms with Crippen molar-refractivity contribution in [2.45, 2.75) is 52.7 Å². The molecule has 1 aromatic rings. The first kappa shape index (κ1) is 16.0. The molecule has 1 aromatic carbocycles. The van der Waals surface area contributed by atoms with E-state index in [1.165, 1.54) is 0 Å². The first-order chi connectivity index (χ1) is 8.86. The van der Waals surface area contributed by atoms with Crippen molar-refractivity contribution < 1.29 is 9.84 Å². The molecule has 1 unspecified atom stereocenters. The zero-order valence-electron chi connectivity index (χ0n) is 12.9. The van der Waals surface area contributed by atoms with E-state index in [0.717, 1.165) is 22.4 Å². The highest BCUT2D eigenvalue weighted by atomic mass is 16.5. The summed E-state index contributed by atoms with van der Waals surface area (Å²) < 4.78 is 5.42. The number of hydrogen-bond donors (Lipinski definition) is 2. The second-order valence-electron chi connectivity index (χ2n) is 5.68. The van der Waals surface area contributed by atoms with Crippen LogP contribution in [0.3, 0.4) is 0 Å². The van der Waals surface area contributed by atoms with Crippen molar-refractivity contribution in [1.29, 1.82) is 0 Å². The fraction of sp³-hybridized carbons (Fsp3) is 0.625. The second kappa shape index (κ2) is 6.92. The molecule has 0 aromatic heterocycles. The van der Waals surface area contributed by atoms with Gasteiger partial charge in [-0.3, -0.25) is 0 Å². The summed E-state index contributed by atoms with van der Waals surface area (Å²) in [6.07, 6.45) is -0.481. The van der Waals surface area contributed by atoms with Gasteiger partial charge in [0.25, 0.3) is 0 Å². The summed E-state index contributed by atoms with van der Waals surface area (Å²) in [6, 6.07) is 4.46. The van der Waals surface area contributed by atoms with Crippen molar-refractivity contribution in [2.75, 3.05) is 13.7 Å². The maximum Gasteiger partial charge on any atom is 0.122 e. The second-order valence-corrected chi connectivity index (χ2v) is 5.68. The molecule has 0 bridgehead atoms. The average Bonchev–Trinajstić information content (AvgIpc) is 2.34. The van der Waals surface area contributed by atoms with Gasteiger partial charge in [0.05, 0.1) is 13.2 Å². The summed E-state index contributed by atoms with van der Waals surface area (Å²) in [6.45, 7) is 11.0. The lowest BCUT2D eigenvalue weighted by atomic mass is 9.94. The molecule has 0 aliphatic rings. The van der Waals surface area contributed by atoms with Gasteiger partial charge in [-0.05, 0) is 41.7 Å². The minimum Gasteiger partial charge on any atom is -0.496 e. The zero-order chi connectivity index (χ0) is 14.6. The maximum atomic E-state index is 10.3. The van der Waals surface area contributed by atoms with Crippen LogP contribution in [0.1, 0.15) is 56.4 Å². The van der Waals surface area contributed by atoms with Crippen molar-refractivity contribution in [3.8, 4) is 5.75 Å². The Bertz CT molecular complexity index is 413. The SMILES string of the molecule is COc1cc(C)c(C(O)CNC(C)C)cc1C(C)C. The number of aliphatic hydroxyl groups is 1. The molecule has 3 nitrogen and oxygen atoms in total. The fourth-order valence-corrected chi connectivity index (χ4v) is 2.16. The Morgan fingerprint density at radius 2 is 1.79 bits per heavy atom.